The minimum Gasteiger partial charge on any atom is -0.445 e. The molecule has 0 spiro atoms. The molecule has 1 saturated heterocycles. The third-order valence-electron chi connectivity index (χ3n) is 6.16. The molecule has 1 amide bonds. The van der Waals surface area contributed by atoms with E-state index in [4.69, 9.17) is 9.16 Å². The molecular weight excluding hydrogens is 402 g/mol. The lowest BCUT2D eigenvalue weighted by molar-refractivity contribution is -0.0204. The molecule has 3 rings (SSSR count). The summed E-state index contributed by atoms with van der Waals surface area (Å²) in [5, 5.41) is 0. The predicted molar refractivity (Wildman–Crippen MR) is 129 cm³/mol. The van der Waals surface area contributed by atoms with Gasteiger partial charge >= 0.3 is 6.09 Å². The quantitative estimate of drug-likeness (QED) is 0.536. The highest BCUT2D eigenvalue weighted by Crippen LogP contribution is 2.46. The van der Waals surface area contributed by atoms with Crippen LogP contribution in [0.4, 0.5) is 4.79 Å². The Kier molecular flexibility index (Phi) is 7.60. The Bertz CT molecular complexity index is 825. The molecule has 1 aliphatic rings. The number of piperidine rings is 1. The van der Waals surface area contributed by atoms with Gasteiger partial charge in [0.15, 0.2) is 9.04 Å². The van der Waals surface area contributed by atoms with Gasteiger partial charge in [-0.05, 0) is 42.5 Å². The molecule has 0 radical (unpaired) electrons. The van der Waals surface area contributed by atoms with Crippen molar-refractivity contribution in [2.75, 3.05) is 13.1 Å². The monoisotopic (exact) mass is 439 g/mol. The van der Waals surface area contributed by atoms with E-state index in [9.17, 15) is 4.79 Å². The van der Waals surface area contributed by atoms with Crippen molar-refractivity contribution in [3.05, 3.63) is 71.8 Å². The van der Waals surface area contributed by atoms with E-state index in [1.54, 1.807) is 0 Å². The number of rotatable bonds is 6. The van der Waals surface area contributed by atoms with Gasteiger partial charge in [0.1, 0.15) is 6.61 Å². The van der Waals surface area contributed by atoms with Gasteiger partial charge in [0.25, 0.3) is 0 Å². The number of carbonyl (C=O) groups is 1. The fourth-order valence-corrected chi connectivity index (χ4v) is 6.02. The Balaban J connectivity index is 1.77. The highest BCUT2D eigenvalue weighted by molar-refractivity contribution is 6.48. The van der Waals surface area contributed by atoms with Crippen LogP contribution in [0.5, 0.6) is 0 Å². The first-order chi connectivity index (χ1) is 14.7. The van der Waals surface area contributed by atoms with Gasteiger partial charge in [0, 0.05) is 18.5 Å². The van der Waals surface area contributed by atoms with E-state index in [0.29, 0.717) is 19.7 Å². The van der Waals surface area contributed by atoms with Crippen molar-refractivity contribution >= 4 is 15.1 Å². The number of nitrogens with zero attached hydrogens (tertiary/aromatic N) is 1. The standard InChI is InChI=1S/C26H37NO3Si/c1-25(2,3)23(30-31(4)5)26(22-14-10-7-11-15-22)16-18-27(19-17-26)24(28)29-20-21-12-8-6-9-13-21/h6-15,23,31H,16-20H2,1-5H3. The zero-order chi connectivity index (χ0) is 22.5. The minimum atomic E-state index is -1.25. The van der Waals surface area contributed by atoms with Crippen LogP contribution in [0.2, 0.25) is 13.1 Å². The molecule has 1 atom stereocenters. The zero-order valence-electron chi connectivity index (χ0n) is 19.6. The predicted octanol–water partition coefficient (Wildman–Crippen LogP) is 5.77. The molecule has 0 bridgehead atoms. The maximum Gasteiger partial charge on any atom is 0.410 e. The van der Waals surface area contributed by atoms with Crippen molar-refractivity contribution in [2.45, 2.75) is 64.8 Å². The molecular formula is C26H37NO3Si. The number of amides is 1. The fourth-order valence-electron chi connectivity index (χ4n) is 4.81. The number of ether oxygens (including phenoxy) is 1. The van der Waals surface area contributed by atoms with Gasteiger partial charge in [0.2, 0.25) is 0 Å². The summed E-state index contributed by atoms with van der Waals surface area (Å²) in [6.45, 7) is 13.0. The molecule has 0 saturated carbocycles. The summed E-state index contributed by atoms with van der Waals surface area (Å²) in [7, 11) is -1.25. The second-order valence-electron chi connectivity index (χ2n) is 9.98. The van der Waals surface area contributed by atoms with Crippen LogP contribution in [-0.2, 0) is 21.2 Å². The Morgan fingerprint density at radius 3 is 2.06 bits per heavy atom. The Morgan fingerprint density at radius 1 is 1.00 bits per heavy atom. The van der Waals surface area contributed by atoms with Crippen LogP contribution in [0.3, 0.4) is 0 Å². The Morgan fingerprint density at radius 2 is 1.55 bits per heavy atom. The Labute approximate surface area is 189 Å². The summed E-state index contributed by atoms with van der Waals surface area (Å²) in [6, 6.07) is 20.6. The summed E-state index contributed by atoms with van der Waals surface area (Å²) in [6.07, 6.45) is 1.63. The van der Waals surface area contributed by atoms with Gasteiger partial charge in [-0.1, -0.05) is 81.4 Å². The third-order valence-corrected chi connectivity index (χ3v) is 6.98. The van der Waals surface area contributed by atoms with Gasteiger partial charge in [-0.25, -0.2) is 4.79 Å². The van der Waals surface area contributed by atoms with Crippen LogP contribution in [0.15, 0.2) is 60.7 Å². The lowest BCUT2D eigenvalue weighted by atomic mass is 9.62. The first-order valence-corrected chi connectivity index (χ1v) is 14.2. The van der Waals surface area contributed by atoms with E-state index in [0.717, 1.165) is 18.4 Å². The number of likely N-dealkylation sites (tertiary alicyclic amines) is 1. The fraction of sp³-hybridized carbons (Fsp3) is 0.500. The highest BCUT2D eigenvalue weighted by Gasteiger charge is 2.49. The highest BCUT2D eigenvalue weighted by atomic mass is 28.3. The summed E-state index contributed by atoms with van der Waals surface area (Å²) < 4.78 is 12.3. The minimum absolute atomic E-state index is 0.00308. The molecule has 31 heavy (non-hydrogen) atoms. The first-order valence-electron chi connectivity index (χ1n) is 11.4. The molecule has 4 nitrogen and oxygen atoms in total. The van der Waals surface area contributed by atoms with E-state index in [1.807, 2.05) is 35.2 Å². The molecule has 1 unspecified atom stereocenters. The average molecular weight is 440 g/mol. The number of carbonyl (C=O) groups excluding carboxylic acids is 1. The van der Waals surface area contributed by atoms with E-state index >= 15 is 0 Å². The van der Waals surface area contributed by atoms with Crippen LogP contribution in [-0.4, -0.2) is 39.2 Å². The van der Waals surface area contributed by atoms with E-state index in [2.05, 4.69) is 64.2 Å². The van der Waals surface area contributed by atoms with Gasteiger partial charge < -0.3 is 14.1 Å². The van der Waals surface area contributed by atoms with Crippen LogP contribution >= 0.6 is 0 Å². The topological polar surface area (TPSA) is 38.8 Å². The van der Waals surface area contributed by atoms with Crippen molar-refractivity contribution in [3.8, 4) is 0 Å². The summed E-state index contributed by atoms with van der Waals surface area (Å²) >= 11 is 0. The van der Waals surface area contributed by atoms with Gasteiger partial charge in [-0.3, -0.25) is 0 Å². The van der Waals surface area contributed by atoms with Crippen molar-refractivity contribution in [2.24, 2.45) is 5.41 Å². The van der Waals surface area contributed by atoms with Crippen LogP contribution in [0.25, 0.3) is 0 Å². The molecule has 1 fully saturated rings. The zero-order valence-corrected chi connectivity index (χ0v) is 20.8. The lowest BCUT2D eigenvalue weighted by Crippen LogP contribution is -2.56. The number of hydrogen-bond acceptors (Lipinski definition) is 3. The smallest absolute Gasteiger partial charge is 0.410 e. The van der Waals surface area contributed by atoms with E-state index in [-0.39, 0.29) is 23.0 Å². The lowest BCUT2D eigenvalue weighted by Gasteiger charge is -2.51. The van der Waals surface area contributed by atoms with Crippen LogP contribution < -0.4 is 0 Å². The van der Waals surface area contributed by atoms with Crippen LogP contribution in [0, 0.1) is 5.41 Å². The SMILES string of the molecule is C[SiH](C)OC(C(C)(C)C)C1(c2ccccc2)CCN(C(=O)OCc2ccccc2)CC1. The summed E-state index contributed by atoms with van der Waals surface area (Å²) in [4.78, 5) is 14.6. The Hall–Kier alpha value is -2.11. The normalized spacial score (nSPS) is 17.4. The third kappa shape index (κ3) is 5.77. The molecule has 2 aromatic rings. The molecule has 0 aliphatic carbocycles. The summed E-state index contributed by atoms with van der Waals surface area (Å²) in [5.74, 6) is 0. The first kappa shape index (κ1) is 23.5. The largest absolute Gasteiger partial charge is 0.445 e. The van der Waals surface area contributed by atoms with E-state index < -0.39 is 9.04 Å². The molecule has 0 N–H and O–H groups in total. The molecule has 0 aromatic heterocycles. The van der Waals surface area contributed by atoms with Crippen LogP contribution in [0.1, 0.15) is 44.7 Å². The van der Waals surface area contributed by atoms with Crippen molar-refractivity contribution in [1.29, 1.82) is 0 Å². The molecule has 168 valence electrons. The second kappa shape index (κ2) is 10.0. The van der Waals surface area contributed by atoms with Crippen molar-refractivity contribution < 1.29 is 14.0 Å². The maximum atomic E-state index is 12.7. The van der Waals surface area contributed by atoms with Gasteiger partial charge in [-0.15, -0.1) is 0 Å². The second-order valence-corrected chi connectivity index (χ2v) is 12.3. The molecule has 5 heteroatoms. The summed E-state index contributed by atoms with van der Waals surface area (Å²) in [5.41, 5.74) is 2.23. The molecule has 1 aliphatic heterocycles. The van der Waals surface area contributed by atoms with Gasteiger partial charge in [0.05, 0.1) is 6.10 Å². The van der Waals surface area contributed by atoms with E-state index in [1.165, 1.54) is 5.56 Å². The van der Waals surface area contributed by atoms with Crippen molar-refractivity contribution in [1.82, 2.24) is 4.90 Å². The number of benzene rings is 2. The van der Waals surface area contributed by atoms with Crippen molar-refractivity contribution in [3.63, 3.8) is 0 Å². The molecule has 1 heterocycles. The average Bonchev–Trinajstić information content (AvgIpc) is 2.76. The number of hydrogen-bond donors (Lipinski definition) is 0. The maximum absolute atomic E-state index is 12.7. The molecule has 2 aromatic carbocycles. The van der Waals surface area contributed by atoms with Gasteiger partial charge in [-0.2, -0.15) is 0 Å².